The van der Waals surface area contributed by atoms with E-state index in [9.17, 15) is 16.8 Å². The van der Waals surface area contributed by atoms with Crippen LogP contribution in [0.4, 0.5) is 11.9 Å². The van der Waals surface area contributed by atoms with Crippen LogP contribution < -0.4 is 9.44 Å². The number of aromatic amines is 1. The standard InChI is InChI=1S/C14H13N5O4S2/c20-24(21,11-7-3-1-4-8-11)18-13-15-14(17-16-13)19-25(22,23)12-9-5-2-6-10-12/h1-10H,(H3,15,16,17,18,19). The van der Waals surface area contributed by atoms with Crippen molar-refractivity contribution < 1.29 is 16.8 Å². The van der Waals surface area contributed by atoms with E-state index in [2.05, 4.69) is 24.6 Å². The third kappa shape index (κ3) is 3.95. The molecule has 11 heteroatoms. The summed E-state index contributed by atoms with van der Waals surface area (Å²) >= 11 is 0. The Labute approximate surface area is 144 Å². The van der Waals surface area contributed by atoms with E-state index >= 15 is 0 Å². The van der Waals surface area contributed by atoms with Crippen LogP contribution in [-0.4, -0.2) is 32.0 Å². The predicted octanol–water partition coefficient (Wildman–Crippen LogP) is 1.41. The molecule has 0 aliphatic carbocycles. The lowest BCUT2D eigenvalue weighted by molar-refractivity contribution is 0.599. The lowest BCUT2D eigenvalue weighted by Crippen LogP contribution is -2.15. The molecule has 3 N–H and O–H groups in total. The van der Waals surface area contributed by atoms with Gasteiger partial charge in [-0.25, -0.2) is 31.4 Å². The number of hydrogen-bond acceptors (Lipinski definition) is 6. The van der Waals surface area contributed by atoms with Gasteiger partial charge in [0.2, 0.25) is 5.95 Å². The molecule has 25 heavy (non-hydrogen) atoms. The van der Waals surface area contributed by atoms with Crippen LogP contribution in [0.25, 0.3) is 0 Å². The highest BCUT2D eigenvalue weighted by Crippen LogP contribution is 2.16. The first-order chi connectivity index (χ1) is 11.9. The van der Waals surface area contributed by atoms with E-state index in [1.54, 1.807) is 36.4 Å². The number of anilines is 2. The molecule has 0 amide bonds. The summed E-state index contributed by atoms with van der Waals surface area (Å²) < 4.78 is 53.1. The van der Waals surface area contributed by atoms with Gasteiger partial charge in [0.05, 0.1) is 9.79 Å². The first kappa shape index (κ1) is 16.9. The summed E-state index contributed by atoms with van der Waals surface area (Å²) in [7, 11) is -7.72. The largest absolute Gasteiger partial charge is 0.264 e. The molecule has 0 atom stereocenters. The second-order valence-corrected chi connectivity index (χ2v) is 8.21. The van der Waals surface area contributed by atoms with Crippen molar-refractivity contribution in [2.24, 2.45) is 0 Å². The average molecular weight is 379 g/mol. The van der Waals surface area contributed by atoms with E-state index in [1.165, 1.54) is 24.3 Å². The van der Waals surface area contributed by atoms with E-state index in [0.29, 0.717) is 0 Å². The summed E-state index contributed by atoms with van der Waals surface area (Å²) in [4.78, 5) is 3.86. The van der Waals surface area contributed by atoms with E-state index in [1.807, 2.05) is 0 Å². The number of rotatable bonds is 6. The lowest BCUT2D eigenvalue weighted by atomic mass is 10.4. The molecule has 3 aromatic rings. The monoisotopic (exact) mass is 379 g/mol. The first-order valence-corrected chi connectivity index (χ1v) is 9.92. The molecule has 0 saturated heterocycles. The SMILES string of the molecule is O=S(=O)(Nc1n[nH]c(NS(=O)(=O)c2ccccc2)n1)c1ccccc1. The Bertz CT molecular complexity index is 979. The molecule has 0 spiro atoms. The van der Waals surface area contributed by atoms with E-state index in [4.69, 9.17) is 0 Å². The molecule has 9 nitrogen and oxygen atoms in total. The average Bonchev–Trinajstić information content (AvgIpc) is 3.02. The Morgan fingerprint density at radius 3 is 1.72 bits per heavy atom. The number of nitrogens with zero attached hydrogens (tertiary/aromatic N) is 2. The lowest BCUT2D eigenvalue weighted by Gasteiger charge is -2.04. The molecule has 0 radical (unpaired) electrons. The normalized spacial score (nSPS) is 11.8. The van der Waals surface area contributed by atoms with Crippen molar-refractivity contribution in [3.05, 3.63) is 60.7 Å². The van der Waals surface area contributed by atoms with Gasteiger partial charge in [0, 0.05) is 0 Å². The second-order valence-electron chi connectivity index (χ2n) is 4.84. The van der Waals surface area contributed by atoms with Gasteiger partial charge in [0.1, 0.15) is 0 Å². The zero-order chi connectivity index (χ0) is 17.9. The maximum atomic E-state index is 12.2. The Balaban J connectivity index is 1.77. The molecule has 0 aliphatic rings. The van der Waals surface area contributed by atoms with Crippen LogP contribution in [0.15, 0.2) is 70.5 Å². The fourth-order valence-corrected chi connectivity index (χ4v) is 3.86. The molecule has 0 unspecified atom stereocenters. The molecule has 0 fully saturated rings. The molecule has 0 saturated carbocycles. The molecule has 2 aromatic carbocycles. The minimum atomic E-state index is -3.87. The van der Waals surface area contributed by atoms with E-state index in [-0.39, 0.29) is 21.7 Å². The van der Waals surface area contributed by atoms with Crippen molar-refractivity contribution in [3.8, 4) is 0 Å². The minimum Gasteiger partial charge on any atom is -0.248 e. The van der Waals surface area contributed by atoms with Gasteiger partial charge in [0.15, 0.2) is 0 Å². The predicted molar refractivity (Wildman–Crippen MR) is 90.9 cm³/mol. The number of benzene rings is 2. The maximum Gasteiger partial charge on any atom is 0.264 e. The molecular formula is C14H13N5O4S2. The summed E-state index contributed by atoms with van der Waals surface area (Å²) in [6, 6.07) is 15.3. The van der Waals surface area contributed by atoms with Gasteiger partial charge >= 0.3 is 0 Å². The quantitative estimate of drug-likeness (QED) is 0.593. The Hall–Kier alpha value is -2.92. The van der Waals surface area contributed by atoms with Crippen LogP contribution in [0.2, 0.25) is 0 Å². The zero-order valence-corrected chi connectivity index (χ0v) is 14.3. The Morgan fingerprint density at radius 1 is 0.720 bits per heavy atom. The highest BCUT2D eigenvalue weighted by molar-refractivity contribution is 7.93. The van der Waals surface area contributed by atoms with Gasteiger partial charge in [-0.05, 0) is 24.3 Å². The molecule has 3 rings (SSSR count). The molecule has 0 aliphatic heterocycles. The van der Waals surface area contributed by atoms with Crippen LogP contribution in [0.5, 0.6) is 0 Å². The van der Waals surface area contributed by atoms with Crippen LogP contribution in [0.1, 0.15) is 0 Å². The van der Waals surface area contributed by atoms with E-state index < -0.39 is 20.0 Å². The highest BCUT2D eigenvalue weighted by Gasteiger charge is 2.19. The zero-order valence-electron chi connectivity index (χ0n) is 12.6. The number of H-pyrrole nitrogens is 1. The fourth-order valence-electron chi connectivity index (χ4n) is 1.92. The molecule has 130 valence electrons. The van der Waals surface area contributed by atoms with Crippen LogP contribution in [0.3, 0.4) is 0 Å². The van der Waals surface area contributed by atoms with Gasteiger partial charge in [0.25, 0.3) is 26.0 Å². The second kappa shape index (κ2) is 6.53. The number of nitrogens with one attached hydrogen (secondary N) is 3. The third-order valence-electron chi connectivity index (χ3n) is 3.05. The van der Waals surface area contributed by atoms with Gasteiger partial charge in [-0.1, -0.05) is 36.4 Å². The van der Waals surface area contributed by atoms with Crippen molar-refractivity contribution in [2.75, 3.05) is 9.44 Å². The molecule has 1 heterocycles. The van der Waals surface area contributed by atoms with Crippen molar-refractivity contribution >= 4 is 31.9 Å². The van der Waals surface area contributed by atoms with E-state index in [0.717, 1.165) is 0 Å². The molecule has 0 bridgehead atoms. The molecule has 1 aromatic heterocycles. The number of hydrogen-bond donors (Lipinski definition) is 3. The van der Waals surface area contributed by atoms with Crippen LogP contribution in [0, 0.1) is 0 Å². The summed E-state index contributed by atoms with van der Waals surface area (Å²) in [6.07, 6.45) is 0. The minimum absolute atomic E-state index is 0.0335. The number of sulfonamides is 2. The number of aromatic nitrogens is 3. The van der Waals surface area contributed by atoms with Crippen molar-refractivity contribution in [1.82, 2.24) is 15.2 Å². The summed E-state index contributed by atoms with van der Waals surface area (Å²) in [5.41, 5.74) is 0. The van der Waals surface area contributed by atoms with Gasteiger partial charge in [-0.2, -0.15) is 4.98 Å². The summed E-state index contributed by atoms with van der Waals surface area (Å²) in [5, 5.41) is 5.98. The summed E-state index contributed by atoms with van der Waals surface area (Å²) in [6.45, 7) is 0. The van der Waals surface area contributed by atoms with Crippen LogP contribution >= 0.6 is 0 Å². The van der Waals surface area contributed by atoms with Crippen molar-refractivity contribution in [1.29, 1.82) is 0 Å². The van der Waals surface area contributed by atoms with Crippen LogP contribution in [-0.2, 0) is 20.0 Å². The maximum absolute atomic E-state index is 12.2. The Kier molecular flexibility index (Phi) is 4.42. The smallest absolute Gasteiger partial charge is 0.248 e. The van der Waals surface area contributed by atoms with Gasteiger partial charge < -0.3 is 0 Å². The third-order valence-corrected chi connectivity index (χ3v) is 5.75. The highest BCUT2D eigenvalue weighted by atomic mass is 32.2. The fraction of sp³-hybridized carbons (Fsp3) is 0. The van der Waals surface area contributed by atoms with Crippen molar-refractivity contribution in [2.45, 2.75) is 9.79 Å². The van der Waals surface area contributed by atoms with Gasteiger partial charge in [-0.3, -0.25) is 0 Å². The summed E-state index contributed by atoms with van der Waals surface area (Å²) in [5.74, 6) is -0.496. The first-order valence-electron chi connectivity index (χ1n) is 6.95. The van der Waals surface area contributed by atoms with Gasteiger partial charge in [-0.15, -0.1) is 5.10 Å². The Morgan fingerprint density at radius 2 is 1.20 bits per heavy atom. The topological polar surface area (TPSA) is 134 Å². The van der Waals surface area contributed by atoms with Crippen molar-refractivity contribution in [3.63, 3.8) is 0 Å². The molecular weight excluding hydrogens is 366 g/mol.